The Kier molecular flexibility index (Phi) is 14.8. The summed E-state index contributed by atoms with van der Waals surface area (Å²) < 4.78 is 16.6. The maximum atomic E-state index is 5.65. The Labute approximate surface area is 148 Å². The van der Waals surface area contributed by atoms with Gasteiger partial charge in [-0.1, -0.05) is 13.8 Å². The molecule has 1 heterocycles. The highest BCUT2D eigenvalue weighted by atomic mass is 16.5. The fourth-order valence-corrected chi connectivity index (χ4v) is 2.83. The van der Waals surface area contributed by atoms with Crippen molar-refractivity contribution in [3.05, 3.63) is 0 Å². The van der Waals surface area contributed by atoms with Crippen LogP contribution >= 0.6 is 0 Å². The number of nitrogens with zero attached hydrogens (tertiary/aromatic N) is 1. The normalized spacial score (nSPS) is 16.8. The minimum atomic E-state index is 0.648. The molecule has 6 heteroatoms. The topological polar surface area (TPSA) is 55.0 Å². The van der Waals surface area contributed by atoms with Gasteiger partial charge in [0.25, 0.3) is 0 Å². The molecule has 1 aliphatic heterocycles. The van der Waals surface area contributed by atoms with Gasteiger partial charge in [-0.2, -0.15) is 0 Å². The minimum Gasteiger partial charge on any atom is -0.378 e. The van der Waals surface area contributed by atoms with Gasteiger partial charge in [-0.05, 0) is 45.4 Å². The molecule has 144 valence electrons. The van der Waals surface area contributed by atoms with E-state index in [1.165, 1.54) is 25.9 Å². The average Bonchev–Trinajstić information content (AvgIpc) is 2.60. The predicted molar refractivity (Wildman–Crippen MR) is 98.8 cm³/mol. The predicted octanol–water partition coefficient (Wildman–Crippen LogP) is 1.11. The zero-order valence-electron chi connectivity index (χ0n) is 15.9. The second-order valence-corrected chi connectivity index (χ2v) is 6.26. The number of likely N-dealkylation sites (tertiary alicyclic amines) is 1. The summed E-state index contributed by atoms with van der Waals surface area (Å²) in [6, 6.07) is 0.713. The lowest BCUT2D eigenvalue weighted by Crippen LogP contribution is -2.43. The van der Waals surface area contributed by atoms with Crippen LogP contribution < -0.4 is 10.6 Å². The molecule has 0 atom stereocenters. The Morgan fingerprint density at radius 3 is 2.08 bits per heavy atom. The van der Waals surface area contributed by atoms with Crippen LogP contribution in [0.1, 0.15) is 33.1 Å². The summed E-state index contributed by atoms with van der Waals surface area (Å²) in [5, 5.41) is 6.84. The number of rotatable bonds is 16. The van der Waals surface area contributed by atoms with E-state index in [0.29, 0.717) is 32.5 Å². The molecule has 24 heavy (non-hydrogen) atoms. The standard InChI is InChI=1S/C18H39N3O3/c1-3-7-19-8-12-22-14-16-24-17-15-23-13-11-21-9-5-18(6-10-21)20-4-2/h18-20H,3-17H2,1-2H3. The number of nitrogens with one attached hydrogen (secondary N) is 2. The Morgan fingerprint density at radius 2 is 1.46 bits per heavy atom. The van der Waals surface area contributed by atoms with Crippen LogP contribution in [0.3, 0.4) is 0 Å². The van der Waals surface area contributed by atoms with Crippen LogP contribution in [0.2, 0.25) is 0 Å². The van der Waals surface area contributed by atoms with E-state index in [0.717, 1.165) is 45.8 Å². The molecule has 0 amide bonds. The molecular formula is C18H39N3O3. The lowest BCUT2D eigenvalue weighted by atomic mass is 10.1. The smallest absolute Gasteiger partial charge is 0.0701 e. The van der Waals surface area contributed by atoms with E-state index in [1.54, 1.807) is 0 Å². The van der Waals surface area contributed by atoms with E-state index in [-0.39, 0.29) is 0 Å². The molecule has 1 saturated heterocycles. The van der Waals surface area contributed by atoms with Gasteiger partial charge in [0.1, 0.15) is 0 Å². The first kappa shape index (κ1) is 21.8. The molecule has 0 radical (unpaired) electrons. The molecule has 2 N–H and O–H groups in total. The van der Waals surface area contributed by atoms with Crippen LogP contribution in [0.25, 0.3) is 0 Å². The van der Waals surface area contributed by atoms with Crippen molar-refractivity contribution in [2.75, 3.05) is 78.9 Å². The number of hydrogen-bond donors (Lipinski definition) is 2. The van der Waals surface area contributed by atoms with E-state index in [1.807, 2.05) is 0 Å². The molecule has 0 aromatic carbocycles. The van der Waals surface area contributed by atoms with E-state index in [9.17, 15) is 0 Å². The SMILES string of the molecule is CCCNCCOCCOCCOCCN1CCC(NCC)CC1. The van der Waals surface area contributed by atoms with Gasteiger partial charge >= 0.3 is 0 Å². The van der Waals surface area contributed by atoms with E-state index in [4.69, 9.17) is 14.2 Å². The van der Waals surface area contributed by atoms with Crippen LogP contribution in [0, 0.1) is 0 Å². The molecule has 0 aromatic rings. The quantitative estimate of drug-likeness (QED) is 0.409. The molecule has 0 bridgehead atoms. The van der Waals surface area contributed by atoms with Crippen LogP contribution in [-0.4, -0.2) is 89.9 Å². The lowest BCUT2D eigenvalue weighted by Gasteiger charge is -2.32. The monoisotopic (exact) mass is 345 g/mol. The zero-order valence-corrected chi connectivity index (χ0v) is 15.9. The van der Waals surface area contributed by atoms with Crippen molar-refractivity contribution in [2.45, 2.75) is 39.2 Å². The number of ether oxygens (including phenoxy) is 3. The van der Waals surface area contributed by atoms with Crippen LogP contribution in [0.15, 0.2) is 0 Å². The van der Waals surface area contributed by atoms with Gasteiger partial charge in [0.05, 0.1) is 39.6 Å². The first-order valence-electron chi connectivity index (χ1n) is 9.76. The highest BCUT2D eigenvalue weighted by molar-refractivity contribution is 4.76. The summed E-state index contributed by atoms with van der Waals surface area (Å²) in [4.78, 5) is 2.50. The third-order valence-corrected chi connectivity index (χ3v) is 4.23. The minimum absolute atomic E-state index is 0.648. The fraction of sp³-hybridized carbons (Fsp3) is 1.00. The van der Waals surface area contributed by atoms with Crippen molar-refractivity contribution in [1.82, 2.24) is 15.5 Å². The second-order valence-electron chi connectivity index (χ2n) is 6.26. The van der Waals surface area contributed by atoms with Crippen molar-refractivity contribution in [1.29, 1.82) is 0 Å². The lowest BCUT2D eigenvalue weighted by molar-refractivity contribution is 0.00987. The van der Waals surface area contributed by atoms with Crippen LogP contribution in [0.4, 0.5) is 0 Å². The molecule has 0 aromatic heterocycles. The summed E-state index contributed by atoms with van der Waals surface area (Å²) in [6.45, 7) is 15.0. The van der Waals surface area contributed by atoms with Gasteiger partial charge < -0.3 is 29.7 Å². The number of piperidine rings is 1. The van der Waals surface area contributed by atoms with Gasteiger partial charge in [-0.25, -0.2) is 0 Å². The maximum absolute atomic E-state index is 5.65. The third-order valence-electron chi connectivity index (χ3n) is 4.23. The molecule has 0 saturated carbocycles. The fourth-order valence-electron chi connectivity index (χ4n) is 2.83. The van der Waals surface area contributed by atoms with Crippen LogP contribution in [-0.2, 0) is 14.2 Å². The molecule has 1 fully saturated rings. The van der Waals surface area contributed by atoms with Crippen molar-refractivity contribution >= 4 is 0 Å². The highest BCUT2D eigenvalue weighted by Gasteiger charge is 2.17. The van der Waals surface area contributed by atoms with Crippen molar-refractivity contribution in [3.8, 4) is 0 Å². The number of hydrogen-bond acceptors (Lipinski definition) is 6. The molecule has 0 unspecified atom stereocenters. The molecule has 6 nitrogen and oxygen atoms in total. The van der Waals surface area contributed by atoms with Gasteiger partial charge in [0.15, 0.2) is 0 Å². The summed E-state index contributed by atoms with van der Waals surface area (Å²) in [5.74, 6) is 0. The summed E-state index contributed by atoms with van der Waals surface area (Å²) in [6.07, 6.45) is 3.67. The maximum Gasteiger partial charge on any atom is 0.0701 e. The Hall–Kier alpha value is -0.240. The zero-order chi connectivity index (χ0) is 17.3. The van der Waals surface area contributed by atoms with E-state index < -0.39 is 0 Å². The first-order chi connectivity index (χ1) is 11.9. The third kappa shape index (κ3) is 12.2. The summed E-state index contributed by atoms with van der Waals surface area (Å²) >= 11 is 0. The van der Waals surface area contributed by atoms with E-state index in [2.05, 4.69) is 29.4 Å². The molecule has 0 spiro atoms. The Balaban J connectivity index is 1.75. The van der Waals surface area contributed by atoms with Crippen LogP contribution in [0.5, 0.6) is 0 Å². The Bertz CT molecular complexity index is 262. The molecule has 1 aliphatic rings. The molecule has 0 aliphatic carbocycles. The second kappa shape index (κ2) is 16.2. The summed E-state index contributed by atoms with van der Waals surface area (Å²) in [5.41, 5.74) is 0. The molecule has 1 rings (SSSR count). The van der Waals surface area contributed by atoms with Gasteiger partial charge in [-0.15, -0.1) is 0 Å². The van der Waals surface area contributed by atoms with Crippen molar-refractivity contribution in [2.24, 2.45) is 0 Å². The highest BCUT2D eigenvalue weighted by Crippen LogP contribution is 2.09. The Morgan fingerprint density at radius 1 is 0.833 bits per heavy atom. The van der Waals surface area contributed by atoms with Gasteiger partial charge in [0.2, 0.25) is 0 Å². The first-order valence-corrected chi connectivity index (χ1v) is 9.76. The van der Waals surface area contributed by atoms with E-state index >= 15 is 0 Å². The van der Waals surface area contributed by atoms with Crippen molar-refractivity contribution < 1.29 is 14.2 Å². The van der Waals surface area contributed by atoms with Gasteiger partial charge in [-0.3, -0.25) is 0 Å². The van der Waals surface area contributed by atoms with Gasteiger partial charge in [0, 0.05) is 19.1 Å². The average molecular weight is 346 g/mol. The largest absolute Gasteiger partial charge is 0.378 e. The van der Waals surface area contributed by atoms with Crippen molar-refractivity contribution in [3.63, 3.8) is 0 Å². The molecular weight excluding hydrogens is 306 g/mol. The summed E-state index contributed by atoms with van der Waals surface area (Å²) in [7, 11) is 0.